The van der Waals surface area contributed by atoms with E-state index in [0.29, 0.717) is 5.88 Å². The molecule has 23 heavy (non-hydrogen) atoms. The lowest BCUT2D eigenvalue weighted by atomic mass is 10.4. The molecule has 1 N–H and O–H groups in total. The topological polar surface area (TPSA) is 85.8 Å². The zero-order valence-corrected chi connectivity index (χ0v) is 14.3. The van der Waals surface area contributed by atoms with Gasteiger partial charge in [0, 0.05) is 12.6 Å². The van der Waals surface area contributed by atoms with Gasteiger partial charge in [-0.2, -0.15) is 0 Å². The summed E-state index contributed by atoms with van der Waals surface area (Å²) in [6, 6.07) is 5.66. The highest BCUT2D eigenvalue weighted by Gasteiger charge is 2.15. The van der Waals surface area contributed by atoms with Crippen molar-refractivity contribution in [2.75, 3.05) is 11.1 Å². The van der Waals surface area contributed by atoms with Gasteiger partial charge in [-0.05, 0) is 25.3 Å². The molecule has 0 bridgehead atoms. The molecule has 0 radical (unpaired) electrons. The minimum absolute atomic E-state index is 0.172. The molecule has 0 saturated carbocycles. The predicted octanol–water partition coefficient (Wildman–Crippen LogP) is 3.05. The Morgan fingerprint density at radius 2 is 2.35 bits per heavy atom. The summed E-state index contributed by atoms with van der Waals surface area (Å²) in [4.78, 5) is 13.0. The minimum Gasteiger partial charge on any atom is -0.338 e. The van der Waals surface area contributed by atoms with E-state index in [1.807, 2.05) is 29.0 Å². The molecule has 3 aromatic heterocycles. The van der Waals surface area contributed by atoms with Crippen LogP contribution in [0.5, 0.6) is 0 Å². The Kier molecular flexibility index (Phi) is 4.77. The number of nitrogens with zero attached hydrogens (tertiary/aromatic N) is 4. The number of anilines is 1. The molecule has 9 heteroatoms. The maximum absolute atomic E-state index is 12.0. The van der Waals surface area contributed by atoms with Crippen molar-refractivity contribution in [1.82, 2.24) is 19.9 Å². The summed E-state index contributed by atoms with van der Waals surface area (Å²) in [6.07, 6.45) is 0. The fourth-order valence-electron chi connectivity index (χ4n) is 1.99. The van der Waals surface area contributed by atoms with E-state index < -0.39 is 0 Å². The van der Waals surface area contributed by atoms with Crippen molar-refractivity contribution in [2.24, 2.45) is 0 Å². The first kappa shape index (κ1) is 15.8. The van der Waals surface area contributed by atoms with E-state index in [-0.39, 0.29) is 11.7 Å². The first-order valence-corrected chi connectivity index (χ1v) is 8.87. The van der Waals surface area contributed by atoms with Gasteiger partial charge in [0.25, 0.3) is 0 Å². The third-order valence-corrected chi connectivity index (χ3v) is 4.83. The molecule has 0 aliphatic rings. The average Bonchev–Trinajstić information content (AvgIpc) is 3.24. The third kappa shape index (κ3) is 3.62. The Morgan fingerprint density at radius 3 is 3.00 bits per heavy atom. The standard InChI is InChI=1S/C14H15N5O2S2/c1-3-19-13(10-5-4-6-22-10)16-17-14(19)23-8-11(20)15-12-7-9(2)18-21-12/h4-7H,3,8H2,1-2H3,(H,15,20). The van der Waals surface area contributed by atoms with Gasteiger partial charge >= 0.3 is 0 Å². The number of carbonyl (C=O) groups excluding carboxylic acids is 1. The van der Waals surface area contributed by atoms with E-state index in [2.05, 4.69) is 20.7 Å². The van der Waals surface area contributed by atoms with Gasteiger partial charge in [-0.1, -0.05) is 23.0 Å². The first-order chi connectivity index (χ1) is 11.2. The molecule has 0 aromatic carbocycles. The van der Waals surface area contributed by atoms with Gasteiger partial charge in [-0.15, -0.1) is 21.5 Å². The summed E-state index contributed by atoms with van der Waals surface area (Å²) in [5.74, 6) is 1.23. The van der Waals surface area contributed by atoms with Crippen molar-refractivity contribution in [3.8, 4) is 10.7 Å². The van der Waals surface area contributed by atoms with E-state index in [1.165, 1.54) is 11.8 Å². The molecule has 3 heterocycles. The van der Waals surface area contributed by atoms with E-state index in [0.717, 1.165) is 28.1 Å². The Morgan fingerprint density at radius 1 is 1.48 bits per heavy atom. The van der Waals surface area contributed by atoms with Crippen LogP contribution >= 0.6 is 23.1 Å². The smallest absolute Gasteiger partial charge is 0.237 e. The zero-order valence-electron chi connectivity index (χ0n) is 12.6. The van der Waals surface area contributed by atoms with Crippen LogP contribution in [0.4, 0.5) is 5.88 Å². The Bertz CT molecular complexity index is 794. The van der Waals surface area contributed by atoms with Gasteiger partial charge < -0.3 is 9.09 Å². The number of thiophene rings is 1. The molecule has 7 nitrogen and oxygen atoms in total. The maximum Gasteiger partial charge on any atom is 0.237 e. The molecule has 3 rings (SSSR count). The second kappa shape index (κ2) is 6.97. The molecule has 0 aliphatic carbocycles. The highest BCUT2D eigenvalue weighted by Crippen LogP contribution is 2.27. The van der Waals surface area contributed by atoms with Gasteiger partial charge in [0.05, 0.1) is 16.3 Å². The Balaban J connectivity index is 1.65. The number of amides is 1. The normalized spacial score (nSPS) is 10.9. The van der Waals surface area contributed by atoms with Gasteiger partial charge in [0.15, 0.2) is 11.0 Å². The molecule has 0 fully saturated rings. The van der Waals surface area contributed by atoms with Gasteiger partial charge in [0.1, 0.15) is 0 Å². The van der Waals surface area contributed by atoms with Crippen LogP contribution in [0.3, 0.4) is 0 Å². The number of aromatic nitrogens is 4. The van der Waals surface area contributed by atoms with Gasteiger partial charge in [0.2, 0.25) is 11.8 Å². The molecular weight excluding hydrogens is 334 g/mol. The number of rotatable bonds is 6. The second-order valence-corrected chi connectivity index (χ2v) is 6.59. The van der Waals surface area contributed by atoms with Crippen LogP contribution in [0.2, 0.25) is 0 Å². The first-order valence-electron chi connectivity index (χ1n) is 7.00. The molecule has 0 aliphatic heterocycles. The molecule has 0 unspecified atom stereocenters. The third-order valence-electron chi connectivity index (χ3n) is 3.00. The number of hydrogen-bond donors (Lipinski definition) is 1. The predicted molar refractivity (Wildman–Crippen MR) is 89.6 cm³/mol. The number of thioether (sulfide) groups is 1. The summed E-state index contributed by atoms with van der Waals surface area (Å²) < 4.78 is 6.96. The lowest BCUT2D eigenvalue weighted by molar-refractivity contribution is -0.113. The Labute approximate surface area is 141 Å². The van der Waals surface area contributed by atoms with Crippen LogP contribution in [-0.2, 0) is 11.3 Å². The van der Waals surface area contributed by atoms with E-state index in [9.17, 15) is 4.79 Å². The van der Waals surface area contributed by atoms with Gasteiger partial charge in [-0.25, -0.2) is 0 Å². The van der Waals surface area contributed by atoms with Crippen molar-refractivity contribution < 1.29 is 9.32 Å². The summed E-state index contributed by atoms with van der Waals surface area (Å²) in [5.41, 5.74) is 0.722. The van der Waals surface area contributed by atoms with E-state index in [1.54, 1.807) is 24.3 Å². The van der Waals surface area contributed by atoms with Crippen LogP contribution in [0.25, 0.3) is 10.7 Å². The van der Waals surface area contributed by atoms with E-state index in [4.69, 9.17) is 4.52 Å². The summed E-state index contributed by atoms with van der Waals surface area (Å²) in [6.45, 7) is 4.57. The number of nitrogens with one attached hydrogen (secondary N) is 1. The number of aryl methyl sites for hydroxylation is 1. The highest BCUT2D eigenvalue weighted by molar-refractivity contribution is 7.99. The van der Waals surface area contributed by atoms with Crippen LogP contribution in [0, 0.1) is 6.92 Å². The summed E-state index contributed by atoms with van der Waals surface area (Å²) in [5, 5.41) is 17.5. The second-order valence-electron chi connectivity index (χ2n) is 4.70. The van der Waals surface area contributed by atoms with Crippen molar-refractivity contribution in [3.05, 3.63) is 29.3 Å². The lowest BCUT2D eigenvalue weighted by Crippen LogP contribution is -2.14. The fourth-order valence-corrected chi connectivity index (χ4v) is 3.51. The van der Waals surface area contributed by atoms with Crippen LogP contribution < -0.4 is 5.32 Å². The molecule has 0 atom stereocenters. The summed E-state index contributed by atoms with van der Waals surface area (Å²) >= 11 is 2.96. The molecule has 3 aromatic rings. The van der Waals surface area contributed by atoms with Crippen LogP contribution in [0.1, 0.15) is 12.6 Å². The molecule has 120 valence electrons. The van der Waals surface area contributed by atoms with E-state index >= 15 is 0 Å². The zero-order chi connectivity index (χ0) is 16.2. The van der Waals surface area contributed by atoms with Crippen molar-refractivity contribution >= 4 is 34.9 Å². The minimum atomic E-state index is -0.172. The molecule has 0 saturated heterocycles. The molecular formula is C14H15N5O2S2. The number of carbonyl (C=O) groups is 1. The average molecular weight is 349 g/mol. The Hall–Kier alpha value is -2.13. The molecule has 0 spiro atoms. The maximum atomic E-state index is 12.0. The summed E-state index contributed by atoms with van der Waals surface area (Å²) in [7, 11) is 0. The van der Waals surface area contributed by atoms with Crippen molar-refractivity contribution in [2.45, 2.75) is 25.5 Å². The lowest BCUT2D eigenvalue weighted by Gasteiger charge is -2.05. The van der Waals surface area contributed by atoms with Crippen molar-refractivity contribution in [3.63, 3.8) is 0 Å². The van der Waals surface area contributed by atoms with Crippen LogP contribution in [-0.4, -0.2) is 31.6 Å². The SMILES string of the molecule is CCn1c(SCC(=O)Nc2cc(C)no2)nnc1-c1cccs1. The van der Waals surface area contributed by atoms with Gasteiger partial charge in [-0.3, -0.25) is 10.1 Å². The molecule has 1 amide bonds. The number of hydrogen-bond acceptors (Lipinski definition) is 7. The van der Waals surface area contributed by atoms with Crippen molar-refractivity contribution in [1.29, 1.82) is 0 Å². The quantitative estimate of drug-likeness (QED) is 0.688. The highest BCUT2D eigenvalue weighted by atomic mass is 32.2. The van der Waals surface area contributed by atoms with Crippen LogP contribution in [0.15, 0.2) is 33.3 Å². The monoisotopic (exact) mass is 349 g/mol. The largest absolute Gasteiger partial charge is 0.338 e. The fraction of sp³-hybridized carbons (Fsp3) is 0.286.